The second-order valence-electron chi connectivity index (χ2n) is 5.72. The molecule has 0 aliphatic carbocycles. The number of hydrogen-bond donors (Lipinski definition) is 1. The summed E-state index contributed by atoms with van der Waals surface area (Å²) in [6, 6.07) is 9.85. The SMILES string of the molecule is Cn1c(CCN)nnc1SC[C@H]1CC(=O)N(c2ccccc2)C1. The lowest BCUT2D eigenvalue weighted by Crippen LogP contribution is -2.24. The number of carbonyl (C=O) groups is 1. The highest BCUT2D eigenvalue weighted by Crippen LogP contribution is 2.29. The van der Waals surface area contributed by atoms with Gasteiger partial charge in [-0.05, 0) is 24.6 Å². The Kier molecular flexibility index (Phi) is 4.97. The standard InChI is InChI=1S/C16H21N5OS/c1-20-14(7-8-17)18-19-16(20)23-11-12-9-15(22)21(10-12)13-5-3-2-4-6-13/h2-6,12H,7-11,17H2,1H3/t12-/m0/s1. The second-order valence-corrected chi connectivity index (χ2v) is 6.70. The topological polar surface area (TPSA) is 77.0 Å². The highest BCUT2D eigenvalue weighted by atomic mass is 32.2. The molecule has 0 bridgehead atoms. The van der Waals surface area contributed by atoms with Crippen LogP contribution in [0.4, 0.5) is 5.69 Å². The summed E-state index contributed by atoms with van der Waals surface area (Å²) in [5, 5.41) is 9.26. The molecule has 2 aromatic rings. The summed E-state index contributed by atoms with van der Waals surface area (Å²) in [6.07, 6.45) is 1.32. The maximum absolute atomic E-state index is 12.2. The maximum atomic E-state index is 12.2. The minimum absolute atomic E-state index is 0.198. The van der Waals surface area contributed by atoms with E-state index in [1.807, 2.05) is 46.8 Å². The van der Waals surface area contributed by atoms with Crippen molar-refractivity contribution in [3.63, 3.8) is 0 Å². The molecular formula is C16H21N5OS. The van der Waals surface area contributed by atoms with Crippen LogP contribution in [0.15, 0.2) is 35.5 Å². The Morgan fingerprint density at radius 2 is 2.09 bits per heavy atom. The number of thioether (sulfide) groups is 1. The van der Waals surface area contributed by atoms with Gasteiger partial charge in [0.05, 0.1) is 0 Å². The lowest BCUT2D eigenvalue weighted by molar-refractivity contribution is -0.117. The maximum Gasteiger partial charge on any atom is 0.227 e. The molecule has 3 rings (SSSR count). The first-order chi connectivity index (χ1) is 11.2. The van der Waals surface area contributed by atoms with Crippen LogP contribution >= 0.6 is 11.8 Å². The van der Waals surface area contributed by atoms with Gasteiger partial charge in [-0.1, -0.05) is 30.0 Å². The van der Waals surface area contributed by atoms with Gasteiger partial charge >= 0.3 is 0 Å². The van der Waals surface area contributed by atoms with Crippen LogP contribution in [0.1, 0.15) is 12.2 Å². The molecule has 0 unspecified atom stereocenters. The number of carbonyl (C=O) groups excluding carboxylic acids is 1. The molecular weight excluding hydrogens is 310 g/mol. The Labute approximate surface area is 140 Å². The summed E-state index contributed by atoms with van der Waals surface area (Å²) in [6.45, 7) is 1.34. The van der Waals surface area contributed by atoms with Gasteiger partial charge in [-0.25, -0.2) is 0 Å². The van der Waals surface area contributed by atoms with Crippen molar-refractivity contribution in [1.82, 2.24) is 14.8 Å². The van der Waals surface area contributed by atoms with Crippen LogP contribution in [0.25, 0.3) is 0 Å². The molecule has 1 fully saturated rings. The number of nitrogens with two attached hydrogens (primary N) is 1. The third kappa shape index (κ3) is 3.56. The predicted molar refractivity (Wildman–Crippen MR) is 91.4 cm³/mol. The normalized spacial score (nSPS) is 17.9. The molecule has 1 atom stereocenters. The van der Waals surface area contributed by atoms with E-state index in [9.17, 15) is 4.79 Å². The average Bonchev–Trinajstić information content (AvgIpc) is 3.10. The van der Waals surface area contributed by atoms with E-state index in [1.165, 1.54) is 0 Å². The molecule has 6 nitrogen and oxygen atoms in total. The second kappa shape index (κ2) is 7.14. The molecule has 0 spiro atoms. The van der Waals surface area contributed by atoms with Crippen LogP contribution in [0.3, 0.4) is 0 Å². The van der Waals surface area contributed by atoms with Crippen LogP contribution in [0.5, 0.6) is 0 Å². The average molecular weight is 331 g/mol. The summed E-state index contributed by atoms with van der Waals surface area (Å²) >= 11 is 1.66. The van der Waals surface area contributed by atoms with Crippen molar-refractivity contribution in [2.75, 3.05) is 23.7 Å². The van der Waals surface area contributed by atoms with Crippen molar-refractivity contribution >= 4 is 23.4 Å². The van der Waals surface area contributed by atoms with Crippen LogP contribution < -0.4 is 10.6 Å². The number of rotatable bonds is 6. The summed E-state index contributed by atoms with van der Waals surface area (Å²) < 4.78 is 1.99. The Hall–Kier alpha value is -1.86. The van der Waals surface area contributed by atoms with E-state index in [0.29, 0.717) is 18.9 Å². The fraction of sp³-hybridized carbons (Fsp3) is 0.438. The smallest absolute Gasteiger partial charge is 0.227 e. The molecule has 23 heavy (non-hydrogen) atoms. The van der Waals surface area contributed by atoms with Crippen molar-refractivity contribution in [2.45, 2.75) is 18.0 Å². The highest BCUT2D eigenvalue weighted by molar-refractivity contribution is 7.99. The number of amides is 1. The highest BCUT2D eigenvalue weighted by Gasteiger charge is 2.30. The minimum Gasteiger partial charge on any atom is -0.330 e. The van der Waals surface area contributed by atoms with Crippen molar-refractivity contribution in [3.05, 3.63) is 36.2 Å². The number of benzene rings is 1. The summed E-state index contributed by atoms with van der Waals surface area (Å²) in [7, 11) is 1.96. The number of para-hydroxylation sites is 1. The van der Waals surface area contributed by atoms with Crippen LogP contribution in [-0.2, 0) is 18.3 Å². The van der Waals surface area contributed by atoms with Gasteiger partial charge in [-0.15, -0.1) is 10.2 Å². The fourth-order valence-electron chi connectivity index (χ4n) is 2.76. The van der Waals surface area contributed by atoms with E-state index in [1.54, 1.807) is 11.8 Å². The summed E-state index contributed by atoms with van der Waals surface area (Å²) in [4.78, 5) is 14.1. The lowest BCUT2D eigenvalue weighted by atomic mass is 10.1. The van der Waals surface area contributed by atoms with E-state index in [4.69, 9.17) is 5.73 Å². The summed E-state index contributed by atoms with van der Waals surface area (Å²) in [5.41, 5.74) is 6.55. The monoisotopic (exact) mass is 331 g/mol. The molecule has 1 aromatic carbocycles. The molecule has 7 heteroatoms. The van der Waals surface area contributed by atoms with Gasteiger partial charge in [-0.2, -0.15) is 0 Å². The van der Waals surface area contributed by atoms with Gasteiger partial charge in [0.15, 0.2) is 5.16 Å². The zero-order valence-corrected chi connectivity index (χ0v) is 14.0. The fourth-order valence-corrected chi connectivity index (χ4v) is 3.77. The molecule has 1 aliphatic rings. The number of anilines is 1. The van der Waals surface area contributed by atoms with Gasteiger partial charge in [0, 0.05) is 37.9 Å². The van der Waals surface area contributed by atoms with Gasteiger partial charge in [0.1, 0.15) is 5.82 Å². The Bertz CT molecular complexity index is 672. The molecule has 1 aliphatic heterocycles. The molecule has 1 aromatic heterocycles. The van der Waals surface area contributed by atoms with E-state index >= 15 is 0 Å². The zero-order valence-electron chi connectivity index (χ0n) is 13.2. The van der Waals surface area contributed by atoms with Crippen molar-refractivity contribution in [3.8, 4) is 0 Å². The van der Waals surface area contributed by atoms with Gasteiger partial charge < -0.3 is 15.2 Å². The van der Waals surface area contributed by atoms with Gasteiger partial charge in [0.2, 0.25) is 5.91 Å². The molecule has 2 N–H and O–H groups in total. The van der Waals surface area contributed by atoms with E-state index in [0.717, 1.165) is 35.4 Å². The zero-order chi connectivity index (χ0) is 16.2. The largest absolute Gasteiger partial charge is 0.330 e. The first-order valence-electron chi connectivity index (χ1n) is 7.75. The lowest BCUT2D eigenvalue weighted by Gasteiger charge is -2.16. The Balaban J connectivity index is 1.59. The van der Waals surface area contributed by atoms with Crippen molar-refractivity contribution < 1.29 is 4.79 Å². The predicted octanol–water partition coefficient (Wildman–Crippen LogP) is 1.46. The number of hydrogen-bond acceptors (Lipinski definition) is 5. The Morgan fingerprint density at radius 3 is 2.83 bits per heavy atom. The van der Waals surface area contributed by atoms with Crippen LogP contribution in [0.2, 0.25) is 0 Å². The van der Waals surface area contributed by atoms with Crippen LogP contribution in [0, 0.1) is 5.92 Å². The van der Waals surface area contributed by atoms with Gasteiger partial charge in [0.25, 0.3) is 0 Å². The first-order valence-corrected chi connectivity index (χ1v) is 8.74. The molecule has 122 valence electrons. The van der Waals surface area contributed by atoms with Crippen molar-refractivity contribution in [1.29, 1.82) is 0 Å². The molecule has 1 amide bonds. The number of aromatic nitrogens is 3. The van der Waals surface area contributed by atoms with E-state index in [2.05, 4.69) is 10.2 Å². The third-order valence-electron chi connectivity index (χ3n) is 4.01. The van der Waals surface area contributed by atoms with E-state index < -0.39 is 0 Å². The molecule has 0 saturated carbocycles. The first kappa shape index (κ1) is 16.0. The quantitative estimate of drug-likeness (QED) is 0.811. The summed E-state index contributed by atoms with van der Waals surface area (Å²) in [5.74, 6) is 2.30. The number of nitrogens with zero attached hydrogens (tertiary/aromatic N) is 4. The molecule has 2 heterocycles. The van der Waals surface area contributed by atoms with Crippen LogP contribution in [-0.4, -0.2) is 39.5 Å². The van der Waals surface area contributed by atoms with E-state index in [-0.39, 0.29) is 5.91 Å². The molecule has 1 saturated heterocycles. The van der Waals surface area contributed by atoms with Crippen molar-refractivity contribution in [2.24, 2.45) is 18.7 Å². The minimum atomic E-state index is 0.198. The Morgan fingerprint density at radius 1 is 1.30 bits per heavy atom. The van der Waals surface area contributed by atoms with Gasteiger partial charge in [-0.3, -0.25) is 4.79 Å². The third-order valence-corrected chi connectivity index (χ3v) is 5.27. The molecule has 0 radical (unpaired) electrons.